The van der Waals surface area contributed by atoms with Crippen molar-refractivity contribution in [3.8, 4) is 11.5 Å². The molecule has 0 aromatic heterocycles. The molecule has 2 aromatic rings. The Kier molecular flexibility index (Phi) is 5.95. The molecule has 2 aromatic carbocycles. The highest BCUT2D eigenvalue weighted by Crippen LogP contribution is 2.37. The van der Waals surface area contributed by atoms with Crippen LogP contribution in [0.15, 0.2) is 54.1 Å². The standard InChI is InChI=1S/C20H22N2O4S/c1-24-14-10-9-13(11-15(14)25-2)18-16(19(23)26-3)17(21-20(27)22-18)12-7-5-4-6-8-12/h4-11,18-19,23H,1-3H3,(H2,21,22,27). The van der Waals surface area contributed by atoms with Crippen molar-refractivity contribution in [1.29, 1.82) is 0 Å². The molecule has 2 unspecified atom stereocenters. The van der Waals surface area contributed by atoms with Crippen LogP contribution in [-0.4, -0.2) is 37.8 Å². The molecule has 0 amide bonds. The predicted octanol–water partition coefficient (Wildman–Crippen LogP) is 2.60. The fraction of sp³-hybridized carbons (Fsp3) is 0.250. The van der Waals surface area contributed by atoms with Crippen molar-refractivity contribution >= 4 is 23.0 Å². The molecule has 2 atom stereocenters. The van der Waals surface area contributed by atoms with Crippen LogP contribution in [0.5, 0.6) is 11.5 Å². The molecule has 1 aliphatic rings. The molecule has 0 bridgehead atoms. The SMILES string of the molecule is COc1ccc(C2NC(=S)NC(c3ccccc3)=C2C(O)OC)cc1OC. The van der Waals surface area contributed by atoms with Gasteiger partial charge in [0.05, 0.1) is 26.0 Å². The van der Waals surface area contributed by atoms with Crippen LogP contribution >= 0.6 is 12.2 Å². The molecule has 0 saturated carbocycles. The summed E-state index contributed by atoms with van der Waals surface area (Å²) >= 11 is 5.41. The van der Waals surface area contributed by atoms with Crippen LogP contribution < -0.4 is 20.1 Å². The number of nitrogens with one attached hydrogen (secondary N) is 2. The Bertz CT molecular complexity index is 854. The molecule has 3 rings (SSSR count). The Hall–Kier alpha value is -2.61. The molecule has 7 heteroatoms. The van der Waals surface area contributed by atoms with Crippen molar-refractivity contribution in [2.24, 2.45) is 0 Å². The van der Waals surface area contributed by atoms with Gasteiger partial charge in [-0.15, -0.1) is 0 Å². The summed E-state index contributed by atoms with van der Waals surface area (Å²) < 4.78 is 16.0. The first kappa shape index (κ1) is 19.2. The number of aliphatic hydroxyl groups excluding tert-OH is 1. The second-order valence-corrected chi connectivity index (χ2v) is 6.34. The summed E-state index contributed by atoms with van der Waals surface area (Å²) in [7, 11) is 4.63. The third-order valence-electron chi connectivity index (χ3n) is 4.41. The molecule has 0 fully saturated rings. The van der Waals surface area contributed by atoms with E-state index in [0.29, 0.717) is 27.9 Å². The fourth-order valence-corrected chi connectivity index (χ4v) is 3.33. The van der Waals surface area contributed by atoms with Gasteiger partial charge in [0, 0.05) is 12.7 Å². The summed E-state index contributed by atoms with van der Waals surface area (Å²) in [6, 6.07) is 14.9. The van der Waals surface area contributed by atoms with Crippen molar-refractivity contribution in [2.45, 2.75) is 12.3 Å². The summed E-state index contributed by atoms with van der Waals surface area (Å²) in [6.07, 6.45) is -1.12. The number of ether oxygens (including phenoxy) is 3. The molecule has 1 aliphatic heterocycles. The summed E-state index contributed by atoms with van der Waals surface area (Å²) in [5.41, 5.74) is 3.10. The second-order valence-electron chi connectivity index (χ2n) is 5.93. The molecule has 0 aliphatic carbocycles. The minimum atomic E-state index is -1.12. The first-order valence-electron chi connectivity index (χ1n) is 8.38. The Labute approximate surface area is 163 Å². The number of hydrogen-bond acceptors (Lipinski definition) is 5. The van der Waals surface area contributed by atoms with Gasteiger partial charge in [0.25, 0.3) is 0 Å². The zero-order valence-corrected chi connectivity index (χ0v) is 16.2. The quantitative estimate of drug-likeness (QED) is 0.521. The van der Waals surface area contributed by atoms with Crippen molar-refractivity contribution in [2.75, 3.05) is 21.3 Å². The van der Waals surface area contributed by atoms with Crippen LogP contribution in [0, 0.1) is 0 Å². The molecular weight excluding hydrogens is 364 g/mol. The predicted molar refractivity (Wildman–Crippen MR) is 108 cm³/mol. The normalized spacial score (nSPS) is 17.8. The van der Waals surface area contributed by atoms with Gasteiger partial charge in [-0.3, -0.25) is 0 Å². The Morgan fingerprint density at radius 3 is 2.33 bits per heavy atom. The Balaban J connectivity index is 2.16. The molecule has 1 heterocycles. The van der Waals surface area contributed by atoms with E-state index in [1.54, 1.807) is 14.2 Å². The molecular formula is C20H22N2O4S. The van der Waals surface area contributed by atoms with Crippen molar-refractivity contribution in [3.05, 3.63) is 65.2 Å². The lowest BCUT2D eigenvalue weighted by atomic mass is 9.92. The lowest BCUT2D eigenvalue weighted by Gasteiger charge is -2.34. The summed E-state index contributed by atoms with van der Waals surface area (Å²) in [5, 5.41) is 17.4. The van der Waals surface area contributed by atoms with Gasteiger partial charge < -0.3 is 30.0 Å². The second kappa shape index (κ2) is 8.39. The maximum atomic E-state index is 10.6. The average molecular weight is 386 g/mol. The zero-order chi connectivity index (χ0) is 19.4. The lowest BCUT2D eigenvalue weighted by Crippen LogP contribution is -2.45. The van der Waals surface area contributed by atoms with Crippen LogP contribution in [0.4, 0.5) is 0 Å². The van der Waals surface area contributed by atoms with E-state index in [1.807, 2.05) is 48.5 Å². The molecule has 0 saturated heterocycles. The number of aliphatic hydroxyl groups is 1. The first-order valence-corrected chi connectivity index (χ1v) is 8.79. The minimum absolute atomic E-state index is 0.399. The smallest absolute Gasteiger partial charge is 0.181 e. The van der Waals surface area contributed by atoms with Crippen molar-refractivity contribution in [3.63, 3.8) is 0 Å². The minimum Gasteiger partial charge on any atom is -0.493 e. The van der Waals surface area contributed by atoms with E-state index in [2.05, 4.69) is 10.6 Å². The topological polar surface area (TPSA) is 72.0 Å². The van der Waals surface area contributed by atoms with E-state index in [4.69, 9.17) is 26.4 Å². The van der Waals surface area contributed by atoms with Crippen LogP contribution in [-0.2, 0) is 4.74 Å². The van der Waals surface area contributed by atoms with Gasteiger partial charge in [-0.05, 0) is 35.5 Å². The highest BCUT2D eigenvalue weighted by Gasteiger charge is 2.32. The Morgan fingerprint density at radius 1 is 1.00 bits per heavy atom. The number of rotatable bonds is 6. The van der Waals surface area contributed by atoms with Gasteiger partial charge >= 0.3 is 0 Å². The zero-order valence-electron chi connectivity index (χ0n) is 15.4. The largest absolute Gasteiger partial charge is 0.493 e. The highest BCUT2D eigenvalue weighted by atomic mass is 32.1. The number of hydrogen-bond donors (Lipinski definition) is 3. The molecule has 3 N–H and O–H groups in total. The average Bonchev–Trinajstić information content (AvgIpc) is 2.72. The first-order chi connectivity index (χ1) is 13.1. The molecule has 0 radical (unpaired) electrons. The molecule has 0 spiro atoms. The van der Waals surface area contributed by atoms with E-state index in [9.17, 15) is 5.11 Å². The lowest BCUT2D eigenvalue weighted by molar-refractivity contribution is -0.0486. The van der Waals surface area contributed by atoms with E-state index >= 15 is 0 Å². The highest BCUT2D eigenvalue weighted by molar-refractivity contribution is 7.80. The maximum Gasteiger partial charge on any atom is 0.181 e. The van der Waals surface area contributed by atoms with E-state index in [0.717, 1.165) is 11.1 Å². The fourth-order valence-electron chi connectivity index (χ4n) is 3.11. The van der Waals surface area contributed by atoms with Gasteiger partial charge in [0.1, 0.15) is 0 Å². The van der Waals surface area contributed by atoms with Crippen molar-refractivity contribution in [1.82, 2.24) is 10.6 Å². The number of methoxy groups -OCH3 is 3. The maximum absolute atomic E-state index is 10.6. The summed E-state index contributed by atoms with van der Waals surface area (Å²) in [6.45, 7) is 0. The molecule has 6 nitrogen and oxygen atoms in total. The van der Waals surface area contributed by atoms with Gasteiger partial charge in [0.15, 0.2) is 22.9 Å². The number of thiocarbonyl (C=S) groups is 1. The third-order valence-corrected chi connectivity index (χ3v) is 4.63. The summed E-state index contributed by atoms with van der Waals surface area (Å²) in [4.78, 5) is 0. The molecule has 142 valence electrons. The van der Waals surface area contributed by atoms with Crippen LogP contribution in [0.3, 0.4) is 0 Å². The van der Waals surface area contributed by atoms with Gasteiger partial charge in [-0.1, -0.05) is 36.4 Å². The number of benzene rings is 2. The van der Waals surface area contributed by atoms with Crippen LogP contribution in [0.25, 0.3) is 5.70 Å². The van der Waals surface area contributed by atoms with Crippen LogP contribution in [0.1, 0.15) is 17.2 Å². The van der Waals surface area contributed by atoms with E-state index < -0.39 is 12.3 Å². The van der Waals surface area contributed by atoms with E-state index in [-0.39, 0.29) is 0 Å². The van der Waals surface area contributed by atoms with Crippen molar-refractivity contribution < 1.29 is 19.3 Å². The van der Waals surface area contributed by atoms with Gasteiger partial charge in [0.2, 0.25) is 0 Å². The van der Waals surface area contributed by atoms with E-state index in [1.165, 1.54) is 7.11 Å². The molecule has 27 heavy (non-hydrogen) atoms. The summed E-state index contributed by atoms with van der Waals surface area (Å²) in [5.74, 6) is 1.22. The Morgan fingerprint density at radius 2 is 1.70 bits per heavy atom. The monoisotopic (exact) mass is 386 g/mol. The van der Waals surface area contributed by atoms with Crippen LogP contribution in [0.2, 0.25) is 0 Å². The van der Waals surface area contributed by atoms with Gasteiger partial charge in [-0.2, -0.15) is 0 Å². The van der Waals surface area contributed by atoms with Gasteiger partial charge in [-0.25, -0.2) is 0 Å². The third kappa shape index (κ3) is 3.90.